The van der Waals surface area contributed by atoms with Crippen molar-refractivity contribution in [3.05, 3.63) is 76.3 Å². The number of rotatable bonds is 7. The molecule has 2 heterocycles. The van der Waals surface area contributed by atoms with Crippen LogP contribution in [0.3, 0.4) is 0 Å². The number of aliphatic hydroxyl groups is 1. The van der Waals surface area contributed by atoms with E-state index in [1.54, 1.807) is 6.20 Å². The quantitative estimate of drug-likeness (QED) is 0.620. The average molecular weight is 323 g/mol. The molecule has 0 saturated heterocycles. The molecule has 3 N–H and O–H groups in total. The fourth-order valence-corrected chi connectivity index (χ4v) is 2.75. The third-order valence-corrected chi connectivity index (χ3v) is 4.06. The molecule has 1 unspecified atom stereocenters. The summed E-state index contributed by atoms with van der Waals surface area (Å²) in [6.07, 6.45) is 2.46. The van der Waals surface area contributed by atoms with Crippen LogP contribution in [-0.2, 0) is 13.0 Å². The Morgan fingerprint density at radius 3 is 2.79 bits per heavy atom. The Morgan fingerprint density at radius 1 is 1.17 bits per heavy atom. The molecule has 124 valence electrons. The van der Waals surface area contributed by atoms with E-state index in [9.17, 15) is 9.90 Å². The molecule has 3 aromatic rings. The fourth-order valence-electron chi connectivity index (χ4n) is 2.75. The van der Waals surface area contributed by atoms with Crippen molar-refractivity contribution in [2.24, 2.45) is 5.92 Å². The van der Waals surface area contributed by atoms with Crippen molar-refractivity contribution < 1.29 is 5.11 Å². The van der Waals surface area contributed by atoms with E-state index in [0.29, 0.717) is 25.1 Å². The summed E-state index contributed by atoms with van der Waals surface area (Å²) in [5, 5.41) is 13.8. The zero-order valence-electron chi connectivity index (χ0n) is 13.4. The number of H-pyrrole nitrogens is 1. The Bertz CT molecular complexity index is 846. The molecule has 24 heavy (non-hydrogen) atoms. The third kappa shape index (κ3) is 4.07. The molecule has 1 atom stereocenters. The van der Waals surface area contributed by atoms with Gasteiger partial charge in [-0.15, -0.1) is 0 Å². The monoisotopic (exact) mass is 323 g/mol. The van der Waals surface area contributed by atoms with Gasteiger partial charge in [-0.2, -0.15) is 0 Å². The lowest BCUT2D eigenvalue weighted by atomic mass is 10.0. The molecule has 5 nitrogen and oxygen atoms in total. The van der Waals surface area contributed by atoms with E-state index >= 15 is 0 Å². The third-order valence-electron chi connectivity index (χ3n) is 4.06. The van der Waals surface area contributed by atoms with Crippen LogP contribution in [0.2, 0.25) is 0 Å². The largest absolute Gasteiger partial charge is 0.396 e. The molecule has 0 amide bonds. The van der Waals surface area contributed by atoms with E-state index in [1.165, 1.54) is 0 Å². The first-order chi connectivity index (χ1) is 11.8. The summed E-state index contributed by atoms with van der Waals surface area (Å²) in [4.78, 5) is 19.3. The lowest BCUT2D eigenvalue weighted by Gasteiger charge is -2.14. The Kier molecular flexibility index (Phi) is 5.36. The predicted octanol–water partition coefficient (Wildman–Crippen LogP) is 1.86. The predicted molar refractivity (Wildman–Crippen MR) is 94.8 cm³/mol. The van der Waals surface area contributed by atoms with Crippen LogP contribution in [0.5, 0.6) is 0 Å². The number of benzene rings is 1. The average Bonchev–Trinajstić information content (AvgIpc) is 2.62. The minimum Gasteiger partial charge on any atom is -0.396 e. The van der Waals surface area contributed by atoms with Crippen molar-refractivity contribution in [2.75, 3.05) is 13.2 Å². The molecule has 0 radical (unpaired) electrons. The second-order valence-corrected chi connectivity index (χ2v) is 5.92. The van der Waals surface area contributed by atoms with E-state index in [0.717, 1.165) is 16.6 Å². The summed E-state index contributed by atoms with van der Waals surface area (Å²) in [5.74, 6) is 0.0689. The molecule has 0 saturated carbocycles. The number of pyridine rings is 2. The van der Waals surface area contributed by atoms with Gasteiger partial charge in [-0.05, 0) is 42.0 Å². The molecule has 0 fully saturated rings. The van der Waals surface area contributed by atoms with Gasteiger partial charge in [-0.1, -0.05) is 24.3 Å². The van der Waals surface area contributed by atoms with Crippen molar-refractivity contribution in [1.29, 1.82) is 0 Å². The highest BCUT2D eigenvalue weighted by atomic mass is 16.3. The molecular weight excluding hydrogens is 302 g/mol. The highest BCUT2D eigenvalue weighted by Gasteiger charge is 2.10. The summed E-state index contributed by atoms with van der Waals surface area (Å²) in [7, 11) is 0. The van der Waals surface area contributed by atoms with Gasteiger partial charge < -0.3 is 15.4 Å². The van der Waals surface area contributed by atoms with E-state index in [1.807, 2.05) is 48.5 Å². The van der Waals surface area contributed by atoms with Crippen LogP contribution in [-0.4, -0.2) is 28.2 Å². The summed E-state index contributed by atoms with van der Waals surface area (Å²) in [6, 6.07) is 15.4. The number of aliphatic hydroxyl groups excluding tert-OH is 1. The van der Waals surface area contributed by atoms with Crippen molar-refractivity contribution in [1.82, 2.24) is 15.3 Å². The number of aromatic amines is 1. The van der Waals surface area contributed by atoms with E-state index < -0.39 is 0 Å². The van der Waals surface area contributed by atoms with Crippen molar-refractivity contribution >= 4 is 10.9 Å². The van der Waals surface area contributed by atoms with Gasteiger partial charge in [-0.25, -0.2) is 0 Å². The lowest BCUT2D eigenvalue weighted by Crippen LogP contribution is -2.29. The summed E-state index contributed by atoms with van der Waals surface area (Å²) in [5.41, 5.74) is 2.42. The van der Waals surface area contributed by atoms with Gasteiger partial charge in [0.25, 0.3) is 5.56 Å². The van der Waals surface area contributed by atoms with Crippen molar-refractivity contribution in [3.8, 4) is 0 Å². The van der Waals surface area contributed by atoms with Gasteiger partial charge in [0.2, 0.25) is 0 Å². The summed E-state index contributed by atoms with van der Waals surface area (Å²) >= 11 is 0. The first-order valence-corrected chi connectivity index (χ1v) is 8.08. The van der Waals surface area contributed by atoms with Gasteiger partial charge >= 0.3 is 0 Å². The number of aromatic nitrogens is 2. The Morgan fingerprint density at radius 2 is 2.00 bits per heavy atom. The maximum absolute atomic E-state index is 12.1. The number of nitrogens with one attached hydrogen (secondary N) is 2. The van der Waals surface area contributed by atoms with E-state index in [4.69, 9.17) is 0 Å². The molecule has 2 aromatic heterocycles. The maximum Gasteiger partial charge on any atom is 0.252 e. The maximum atomic E-state index is 12.1. The minimum atomic E-state index is -0.0773. The molecule has 0 aliphatic carbocycles. The molecule has 0 aliphatic rings. The van der Waals surface area contributed by atoms with Gasteiger partial charge in [0.15, 0.2) is 0 Å². The second kappa shape index (κ2) is 7.86. The standard InChI is InChI=1S/C19H21N3O2/c23-13-14(9-17-6-3-4-8-21-17)11-20-12-16-10-15-5-1-2-7-18(15)22-19(16)24/h1-8,10,14,20,23H,9,11-13H2,(H,22,24). The SMILES string of the molecule is O=c1[nH]c2ccccc2cc1CNCC(CO)Cc1ccccn1. The minimum absolute atomic E-state index is 0.0689. The first kappa shape index (κ1) is 16.4. The number of para-hydroxylation sites is 1. The molecular formula is C19H21N3O2. The molecule has 0 bridgehead atoms. The smallest absolute Gasteiger partial charge is 0.252 e. The van der Waals surface area contributed by atoms with Crippen LogP contribution in [0.25, 0.3) is 10.9 Å². The molecule has 1 aromatic carbocycles. The van der Waals surface area contributed by atoms with Gasteiger partial charge in [0.05, 0.1) is 0 Å². The first-order valence-electron chi connectivity index (χ1n) is 8.08. The second-order valence-electron chi connectivity index (χ2n) is 5.92. The fraction of sp³-hybridized carbons (Fsp3) is 0.263. The normalized spacial score (nSPS) is 12.4. The number of nitrogens with zero attached hydrogens (tertiary/aromatic N) is 1. The van der Waals surface area contributed by atoms with Crippen LogP contribution in [0.4, 0.5) is 0 Å². The topological polar surface area (TPSA) is 78.0 Å². The lowest BCUT2D eigenvalue weighted by molar-refractivity contribution is 0.220. The highest BCUT2D eigenvalue weighted by molar-refractivity contribution is 5.78. The Hall–Kier alpha value is -2.50. The number of fused-ring (bicyclic) bond motifs is 1. The van der Waals surface area contributed by atoms with Crippen LogP contribution in [0.1, 0.15) is 11.3 Å². The van der Waals surface area contributed by atoms with Crippen LogP contribution >= 0.6 is 0 Å². The Labute approximate surface area is 140 Å². The molecule has 5 heteroatoms. The van der Waals surface area contributed by atoms with Gasteiger partial charge in [-0.3, -0.25) is 9.78 Å². The van der Waals surface area contributed by atoms with Gasteiger partial charge in [0, 0.05) is 42.7 Å². The van der Waals surface area contributed by atoms with Crippen molar-refractivity contribution in [3.63, 3.8) is 0 Å². The summed E-state index contributed by atoms with van der Waals surface area (Å²) in [6.45, 7) is 1.18. The number of hydrogen-bond acceptors (Lipinski definition) is 4. The van der Waals surface area contributed by atoms with E-state index in [2.05, 4.69) is 15.3 Å². The molecule has 0 aliphatic heterocycles. The van der Waals surface area contributed by atoms with Crippen LogP contribution in [0.15, 0.2) is 59.5 Å². The molecule has 3 rings (SSSR count). The number of hydrogen-bond donors (Lipinski definition) is 3. The van der Waals surface area contributed by atoms with Crippen LogP contribution in [0, 0.1) is 5.92 Å². The van der Waals surface area contributed by atoms with E-state index in [-0.39, 0.29) is 18.1 Å². The summed E-state index contributed by atoms with van der Waals surface area (Å²) < 4.78 is 0. The van der Waals surface area contributed by atoms with Crippen molar-refractivity contribution in [2.45, 2.75) is 13.0 Å². The molecule has 0 spiro atoms. The zero-order valence-corrected chi connectivity index (χ0v) is 13.4. The highest BCUT2D eigenvalue weighted by Crippen LogP contribution is 2.10. The zero-order chi connectivity index (χ0) is 16.8. The van der Waals surface area contributed by atoms with Gasteiger partial charge in [0.1, 0.15) is 0 Å². The Balaban J connectivity index is 1.61. The van der Waals surface area contributed by atoms with Crippen LogP contribution < -0.4 is 10.9 Å².